The van der Waals surface area contributed by atoms with E-state index in [2.05, 4.69) is 17.4 Å². The molecule has 0 radical (unpaired) electrons. The number of unbranched alkanes of at least 4 members (excludes halogenated alkanes) is 1. The molecule has 0 spiro atoms. The van der Waals surface area contributed by atoms with Crippen molar-refractivity contribution in [3.63, 3.8) is 0 Å². The van der Waals surface area contributed by atoms with E-state index >= 15 is 0 Å². The Labute approximate surface area is 164 Å². The van der Waals surface area contributed by atoms with Gasteiger partial charge in [0.25, 0.3) is 0 Å². The van der Waals surface area contributed by atoms with Crippen molar-refractivity contribution in [1.82, 2.24) is 4.57 Å². The number of halogens is 1. The highest BCUT2D eigenvalue weighted by molar-refractivity contribution is 5.98. The van der Waals surface area contributed by atoms with Gasteiger partial charge in [0.2, 0.25) is 6.79 Å². The van der Waals surface area contributed by atoms with Crippen molar-refractivity contribution < 1.29 is 18.6 Å². The third-order valence-corrected chi connectivity index (χ3v) is 4.99. The summed E-state index contributed by atoms with van der Waals surface area (Å²) in [5, 5.41) is 4.26. The van der Waals surface area contributed by atoms with Gasteiger partial charge in [-0.05, 0) is 56.0 Å². The molecule has 0 saturated carbocycles. The van der Waals surface area contributed by atoms with Crippen LogP contribution in [-0.2, 0) is 13.5 Å². The third-order valence-electron chi connectivity index (χ3n) is 4.99. The van der Waals surface area contributed by atoms with Gasteiger partial charge in [-0.25, -0.2) is 4.39 Å². The summed E-state index contributed by atoms with van der Waals surface area (Å²) in [5.74, 6) is 1.64. The van der Waals surface area contributed by atoms with Crippen LogP contribution in [0, 0.1) is 5.82 Å². The lowest BCUT2D eigenvalue weighted by Gasteiger charge is -2.10. The van der Waals surface area contributed by atoms with E-state index in [1.165, 1.54) is 11.6 Å². The van der Waals surface area contributed by atoms with Crippen molar-refractivity contribution >= 4 is 16.6 Å². The summed E-state index contributed by atoms with van der Waals surface area (Å²) in [4.78, 5) is 0. The predicted molar refractivity (Wildman–Crippen MR) is 108 cm³/mol. The molecule has 2 aromatic carbocycles. The summed E-state index contributed by atoms with van der Waals surface area (Å²) < 4.78 is 32.6. The number of nitrogens with one attached hydrogen (secondary N) is 1. The van der Waals surface area contributed by atoms with Crippen LogP contribution in [0.15, 0.2) is 36.5 Å². The Balaban J connectivity index is 1.37. The first-order valence-corrected chi connectivity index (χ1v) is 9.70. The van der Waals surface area contributed by atoms with Crippen molar-refractivity contribution in [3.05, 3.63) is 47.9 Å². The minimum absolute atomic E-state index is 0.304. The summed E-state index contributed by atoms with van der Waals surface area (Å²) in [6, 6.07) is 9.36. The number of aromatic nitrogens is 1. The molecule has 0 atom stereocenters. The van der Waals surface area contributed by atoms with Crippen LogP contribution in [-0.4, -0.2) is 24.5 Å². The number of anilines is 1. The Kier molecular flexibility index (Phi) is 5.28. The molecular weight excluding hydrogens is 359 g/mol. The number of hydrogen-bond donors (Lipinski definition) is 1. The van der Waals surface area contributed by atoms with E-state index in [9.17, 15) is 4.39 Å². The Hall–Kier alpha value is -2.89. The lowest BCUT2D eigenvalue weighted by molar-refractivity contribution is 0.174. The maximum Gasteiger partial charge on any atom is 0.231 e. The molecular formula is C22H25FN2O3. The van der Waals surface area contributed by atoms with Crippen LogP contribution in [0.25, 0.3) is 10.9 Å². The zero-order valence-corrected chi connectivity index (χ0v) is 16.3. The van der Waals surface area contributed by atoms with Gasteiger partial charge < -0.3 is 24.1 Å². The molecule has 0 aliphatic carbocycles. The lowest BCUT2D eigenvalue weighted by atomic mass is 10.1. The minimum Gasteiger partial charge on any atom is -0.490 e. The number of aryl methyl sites for hydroxylation is 2. The van der Waals surface area contributed by atoms with Gasteiger partial charge in [-0.15, -0.1) is 0 Å². The van der Waals surface area contributed by atoms with Crippen LogP contribution in [0.5, 0.6) is 17.2 Å². The van der Waals surface area contributed by atoms with E-state index in [1.54, 1.807) is 6.07 Å². The molecule has 1 aromatic heterocycles. The highest BCUT2D eigenvalue weighted by Gasteiger charge is 2.16. The van der Waals surface area contributed by atoms with Crippen LogP contribution in [0.3, 0.4) is 0 Å². The van der Waals surface area contributed by atoms with Gasteiger partial charge in [-0.1, -0.05) is 6.07 Å². The summed E-state index contributed by atoms with van der Waals surface area (Å²) in [6.07, 6.45) is 5.02. The second-order valence-corrected chi connectivity index (χ2v) is 6.93. The lowest BCUT2D eigenvalue weighted by Crippen LogP contribution is -2.03. The molecule has 1 N–H and O–H groups in total. The van der Waals surface area contributed by atoms with Gasteiger partial charge in [-0.2, -0.15) is 0 Å². The number of benzene rings is 2. The first-order valence-electron chi connectivity index (χ1n) is 9.70. The zero-order valence-electron chi connectivity index (χ0n) is 16.3. The first-order chi connectivity index (χ1) is 13.7. The molecule has 0 saturated heterocycles. The van der Waals surface area contributed by atoms with Crippen LogP contribution in [0.2, 0.25) is 0 Å². The van der Waals surface area contributed by atoms with Crippen molar-refractivity contribution in [2.45, 2.75) is 26.2 Å². The highest BCUT2D eigenvalue weighted by Crippen LogP contribution is 2.36. The van der Waals surface area contributed by atoms with E-state index < -0.39 is 0 Å². The number of hydrogen-bond acceptors (Lipinski definition) is 4. The monoisotopic (exact) mass is 384 g/mol. The highest BCUT2D eigenvalue weighted by atomic mass is 19.1. The number of ether oxygens (including phenoxy) is 3. The van der Waals surface area contributed by atoms with Gasteiger partial charge >= 0.3 is 0 Å². The SMILES string of the molecule is CCOc1c(F)ccc2c1c(NCCCCc1ccc3c(c1)OCO3)cn2C. The van der Waals surface area contributed by atoms with Gasteiger partial charge in [0.15, 0.2) is 23.1 Å². The summed E-state index contributed by atoms with van der Waals surface area (Å²) in [6.45, 7) is 3.41. The molecule has 0 unspecified atom stereocenters. The van der Waals surface area contributed by atoms with Crippen LogP contribution in [0.4, 0.5) is 10.1 Å². The molecule has 6 heteroatoms. The normalized spacial score (nSPS) is 12.5. The molecule has 0 fully saturated rings. The summed E-state index contributed by atoms with van der Waals surface area (Å²) >= 11 is 0. The standard InChI is InChI=1S/C22H25FN2O3/c1-3-26-22-16(23)8-9-18-21(22)17(13-25(18)2)24-11-5-4-6-15-7-10-19-20(12-15)28-14-27-19/h7-10,12-13,24H,3-6,11,14H2,1-2H3. The summed E-state index contributed by atoms with van der Waals surface area (Å²) in [7, 11) is 1.96. The van der Waals surface area contributed by atoms with E-state index in [4.69, 9.17) is 14.2 Å². The maximum absolute atomic E-state index is 14.2. The second kappa shape index (κ2) is 8.00. The fourth-order valence-corrected chi connectivity index (χ4v) is 3.62. The minimum atomic E-state index is -0.327. The summed E-state index contributed by atoms with van der Waals surface area (Å²) in [5.41, 5.74) is 3.10. The Morgan fingerprint density at radius 2 is 2.00 bits per heavy atom. The average Bonchev–Trinajstić information content (AvgIpc) is 3.28. The molecule has 1 aliphatic rings. The molecule has 148 valence electrons. The fourth-order valence-electron chi connectivity index (χ4n) is 3.62. The molecule has 28 heavy (non-hydrogen) atoms. The van der Waals surface area contributed by atoms with E-state index in [0.29, 0.717) is 19.1 Å². The molecule has 5 nitrogen and oxygen atoms in total. The quantitative estimate of drug-likeness (QED) is 0.562. The first kappa shape index (κ1) is 18.5. The topological polar surface area (TPSA) is 44.6 Å². The van der Waals surface area contributed by atoms with Crippen molar-refractivity contribution in [1.29, 1.82) is 0 Å². The van der Waals surface area contributed by atoms with Gasteiger partial charge in [-0.3, -0.25) is 0 Å². The number of nitrogens with zero attached hydrogens (tertiary/aromatic N) is 1. The second-order valence-electron chi connectivity index (χ2n) is 6.93. The van der Waals surface area contributed by atoms with E-state index in [0.717, 1.165) is 53.9 Å². The molecule has 1 aliphatic heterocycles. The largest absolute Gasteiger partial charge is 0.490 e. The Morgan fingerprint density at radius 1 is 1.14 bits per heavy atom. The van der Waals surface area contributed by atoms with Gasteiger partial charge in [0.1, 0.15) is 0 Å². The number of rotatable bonds is 8. The molecule has 4 rings (SSSR count). The average molecular weight is 384 g/mol. The number of fused-ring (bicyclic) bond motifs is 2. The van der Waals surface area contributed by atoms with Crippen LogP contribution in [0.1, 0.15) is 25.3 Å². The van der Waals surface area contributed by atoms with E-state index in [-0.39, 0.29) is 5.82 Å². The maximum atomic E-state index is 14.2. The molecule has 0 bridgehead atoms. The van der Waals surface area contributed by atoms with Gasteiger partial charge in [0.05, 0.1) is 23.2 Å². The van der Waals surface area contributed by atoms with Crippen molar-refractivity contribution in [2.75, 3.05) is 25.3 Å². The Morgan fingerprint density at radius 3 is 2.86 bits per heavy atom. The van der Waals surface area contributed by atoms with Gasteiger partial charge in [0, 0.05) is 19.8 Å². The fraction of sp³-hybridized carbons (Fsp3) is 0.364. The molecule has 2 heterocycles. The van der Waals surface area contributed by atoms with Crippen molar-refractivity contribution in [2.24, 2.45) is 7.05 Å². The molecule has 0 amide bonds. The van der Waals surface area contributed by atoms with Crippen molar-refractivity contribution in [3.8, 4) is 17.2 Å². The molecule has 3 aromatic rings. The smallest absolute Gasteiger partial charge is 0.231 e. The van der Waals surface area contributed by atoms with E-state index in [1.807, 2.05) is 30.8 Å². The predicted octanol–water partition coefficient (Wildman–Crippen LogP) is 4.88. The zero-order chi connectivity index (χ0) is 19.5. The third kappa shape index (κ3) is 3.59. The van der Waals surface area contributed by atoms with Crippen LogP contribution >= 0.6 is 0 Å². The van der Waals surface area contributed by atoms with Crippen LogP contribution < -0.4 is 19.5 Å². The Bertz CT molecular complexity index is 984.